The van der Waals surface area contributed by atoms with Gasteiger partial charge in [0, 0.05) is 12.1 Å². The molecule has 0 saturated carbocycles. The zero-order chi connectivity index (χ0) is 16.2. The fourth-order valence-electron chi connectivity index (χ4n) is 1.72. The third-order valence-electron chi connectivity index (χ3n) is 2.40. The van der Waals surface area contributed by atoms with E-state index in [1.165, 1.54) is 0 Å². The standard InChI is InChI=1S/C16H25NO4/c1-9(2)19-14-7-12(16(18)21-11(5)6)13(17)8-15(14)20-10(3)4/h7-11H,17H2,1-6H3. The molecule has 0 saturated heterocycles. The lowest BCUT2D eigenvalue weighted by Crippen LogP contribution is -2.16. The van der Waals surface area contributed by atoms with Crippen LogP contribution in [0.25, 0.3) is 0 Å². The van der Waals surface area contributed by atoms with Gasteiger partial charge >= 0.3 is 5.97 Å². The second-order valence-corrected chi connectivity index (χ2v) is 5.67. The van der Waals surface area contributed by atoms with Crippen LogP contribution in [0, 0.1) is 0 Å². The Bertz CT molecular complexity index is 495. The fourth-order valence-corrected chi connectivity index (χ4v) is 1.72. The van der Waals surface area contributed by atoms with Crippen LogP contribution in [-0.2, 0) is 4.74 Å². The van der Waals surface area contributed by atoms with Crippen LogP contribution in [0.4, 0.5) is 5.69 Å². The molecule has 21 heavy (non-hydrogen) atoms. The molecule has 0 aliphatic carbocycles. The van der Waals surface area contributed by atoms with Crippen molar-refractivity contribution < 1.29 is 19.0 Å². The average molecular weight is 295 g/mol. The molecule has 1 rings (SSSR count). The molecule has 2 N–H and O–H groups in total. The maximum atomic E-state index is 12.0. The minimum Gasteiger partial charge on any atom is -0.487 e. The first-order valence-electron chi connectivity index (χ1n) is 7.18. The number of nitrogen functional groups attached to an aromatic ring is 1. The third kappa shape index (κ3) is 5.17. The van der Waals surface area contributed by atoms with Gasteiger partial charge in [-0.1, -0.05) is 0 Å². The summed E-state index contributed by atoms with van der Waals surface area (Å²) in [5.74, 6) is 0.549. The molecule has 0 unspecified atom stereocenters. The Morgan fingerprint density at radius 1 is 0.905 bits per heavy atom. The van der Waals surface area contributed by atoms with E-state index >= 15 is 0 Å². The summed E-state index contributed by atoms with van der Waals surface area (Å²) in [4.78, 5) is 12.0. The van der Waals surface area contributed by atoms with Gasteiger partial charge in [0.25, 0.3) is 0 Å². The lowest BCUT2D eigenvalue weighted by molar-refractivity contribution is 0.0378. The Kier molecular flexibility index (Phi) is 5.88. The molecule has 0 fully saturated rings. The average Bonchev–Trinajstić information content (AvgIpc) is 2.30. The van der Waals surface area contributed by atoms with Crippen LogP contribution in [0.2, 0.25) is 0 Å². The predicted molar refractivity (Wildman–Crippen MR) is 82.9 cm³/mol. The normalized spacial score (nSPS) is 11.1. The molecule has 5 nitrogen and oxygen atoms in total. The molecule has 0 bridgehead atoms. The Morgan fingerprint density at radius 2 is 1.38 bits per heavy atom. The monoisotopic (exact) mass is 295 g/mol. The maximum Gasteiger partial charge on any atom is 0.340 e. The number of carbonyl (C=O) groups is 1. The van der Waals surface area contributed by atoms with E-state index in [0.717, 1.165) is 0 Å². The Labute approximate surface area is 126 Å². The molecular formula is C16H25NO4. The van der Waals surface area contributed by atoms with Gasteiger partial charge in [-0.3, -0.25) is 0 Å². The van der Waals surface area contributed by atoms with Crippen LogP contribution in [0.1, 0.15) is 51.9 Å². The van der Waals surface area contributed by atoms with E-state index in [2.05, 4.69) is 0 Å². The molecule has 0 atom stereocenters. The topological polar surface area (TPSA) is 70.8 Å². The Morgan fingerprint density at radius 3 is 1.81 bits per heavy atom. The highest BCUT2D eigenvalue weighted by Gasteiger charge is 2.19. The van der Waals surface area contributed by atoms with Crippen molar-refractivity contribution in [3.8, 4) is 11.5 Å². The number of esters is 1. The quantitative estimate of drug-likeness (QED) is 0.643. The van der Waals surface area contributed by atoms with Crippen molar-refractivity contribution in [1.82, 2.24) is 0 Å². The summed E-state index contributed by atoms with van der Waals surface area (Å²) in [6.07, 6.45) is -0.276. The molecule has 0 amide bonds. The number of rotatable bonds is 6. The highest BCUT2D eigenvalue weighted by atomic mass is 16.5. The summed E-state index contributed by atoms with van der Waals surface area (Å²) < 4.78 is 16.6. The largest absolute Gasteiger partial charge is 0.487 e. The van der Waals surface area contributed by atoms with E-state index in [1.807, 2.05) is 27.7 Å². The molecule has 0 aliphatic rings. The van der Waals surface area contributed by atoms with Gasteiger partial charge in [0.2, 0.25) is 0 Å². The van der Waals surface area contributed by atoms with Crippen LogP contribution in [-0.4, -0.2) is 24.3 Å². The minimum absolute atomic E-state index is 0.0209. The van der Waals surface area contributed by atoms with Crippen LogP contribution in [0.5, 0.6) is 11.5 Å². The summed E-state index contributed by atoms with van der Waals surface area (Å²) in [6, 6.07) is 3.19. The third-order valence-corrected chi connectivity index (χ3v) is 2.40. The second-order valence-electron chi connectivity index (χ2n) is 5.67. The van der Waals surface area contributed by atoms with Crippen molar-refractivity contribution in [3.63, 3.8) is 0 Å². The van der Waals surface area contributed by atoms with Crippen molar-refractivity contribution >= 4 is 11.7 Å². The van der Waals surface area contributed by atoms with E-state index in [-0.39, 0.29) is 23.9 Å². The number of anilines is 1. The van der Waals surface area contributed by atoms with Gasteiger partial charge in [-0.05, 0) is 41.5 Å². The zero-order valence-corrected chi connectivity index (χ0v) is 13.6. The molecule has 0 aliphatic heterocycles. The number of benzene rings is 1. The molecule has 0 spiro atoms. The fraction of sp³-hybridized carbons (Fsp3) is 0.562. The highest BCUT2D eigenvalue weighted by molar-refractivity contribution is 5.96. The van der Waals surface area contributed by atoms with Crippen molar-refractivity contribution in [3.05, 3.63) is 17.7 Å². The molecule has 0 radical (unpaired) electrons. The molecule has 118 valence electrons. The van der Waals surface area contributed by atoms with Gasteiger partial charge in [0.1, 0.15) is 0 Å². The maximum absolute atomic E-state index is 12.0. The van der Waals surface area contributed by atoms with E-state index < -0.39 is 5.97 Å². The number of hydrogen-bond acceptors (Lipinski definition) is 5. The summed E-state index contributed by atoms with van der Waals surface area (Å²) in [5, 5.41) is 0. The molecule has 1 aromatic rings. The van der Waals surface area contributed by atoms with Crippen molar-refractivity contribution in [2.75, 3.05) is 5.73 Å². The highest BCUT2D eigenvalue weighted by Crippen LogP contribution is 2.34. The smallest absolute Gasteiger partial charge is 0.340 e. The minimum atomic E-state index is -0.466. The first-order valence-corrected chi connectivity index (χ1v) is 7.18. The first-order chi connectivity index (χ1) is 9.70. The van der Waals surface area contributed by atoms with E-state index in [1.54, 1.807) is 26.0 Å². The van der Waals surface area contributed by atoms with Crippen molar-refractivity contribution in [2.45, 2.75) is 59.9 Å². The summed E-state index contributed by atoms with van der Waals surface area (Å²) >= 11 is 0. The molecule has 5 heteroatoms. The summed E-state index contributed by atoms with van der Waals surface area (Å²) in [5.41, 5.74) is 6.54. The lowest BCUT2D eigenvalue weighted by Gasteiger charge is -2.19. The zero-order valence-electron chi connectivity index (χ0n) is 13.6. The van der Waals surface area contributed by atoms with Crippen molar-refractivity contribution in [1.29, 1.82) is 0 Å². The van der Waals surface area contributed by atoms with Gasteiger partial charge in [-0.2, -0.15) is 0 Å². The number of nitrogens with two attached hydrogens (primary N) is 1. The van der Waals surface area contributed by atoms with E-state index in [4.69, 9.17) is 19.9 Å². The SMILES string of the molecule is CC(C)OC(=O)c1cc(OC(C)C)c(OC(C)C)cc1N. The second kappa shape index (κ2) is 7.20. The number of ether oxygens (including phenoxy) is 3. The van der Waals surface area contributed by atoms with Gasteiger partial charge in [0.15, 0.2) is 11.5 Å². The Hall–Kier alpha value is -1.91. The van der Waals surface area contributed by atoms with Crippen LogP contribution < -0.4 is 15.2 Å². The van der Waals surface area contributed by atoms with Gasteiger partial charge in [-0.15, -0.1) is 0 Å². The molecule has 0 heterocycles. The van der Waals surface area contributed by atoms with E-state index in [9.17, 15) is 4.79 Å². The van der Waals surface area contributed by atoms with Gasteiger partial charge < -0.3 is 19.9 Å². The van der Waals surface area contributed by atoms with Crippen LogP contribution in [0.3, 0.4) is 0 Å². The summed E-state index contributed by atoms with van der Waals surface area (Å²) in [6.45, 7) is 11.2. The van der Waals surface area contributed by atoms with E-state index in [0.29, 0.717) is 17.2 Å². The first kappa shape index (κ1) is 17.1. The Balaban J connectivity index is 3.19. The van der Waals surface area contributed by atoms with Gasteiger partial charge in [-0.25, -0.2) is 4.79 Å². The van der Waals surface area contributed by atoms with Crippen LogP contribution in [0.15, 0.2) is 12.1 Å². The predicted octanol–water partition coefficient (Wildman–Crippen LogP) is 3.41. The lowest BCUT2D eigenvalue weighted by atomic mass is 10.1. The van der Waals surface area contributed by atoms with Crippen LogP contribution >= 0.6 is 0 Å². The van der Waals surface area contributed by atoms with Gasteiger partial charge in [0.05, 0.1) is 29.6 Å². The molecule has 1 aromatic carbocycles. The molecule has 0 aromatic heterocycles. The summed E-state index contributed by atoms with van der Waals surface area (Å²) in [7, 11) is 0. The number of carbonyl (C=O) groups excluding carboxylic acids is 1. The van der Waals surface area contributed by atoms with Crippen molar-refractivity contribution in [2.24, 2.45) is 0 Å². The molecular weight excluding hydrogens is 270 g/mol. The number of hydrogen-bond donors (Lipinski definition) is 1.